The molecule has 2 rings (SSSR count). The van der Waals surface area contributed by atoms with Gasteiger partial charge in [-0.3, -0.25) is 0 Å². The fourth-order valence-electron chi connectivity index (χ4n) is 1.21. The van der Waals surface area contributed by atoms with Crippen LogP contribution in [0.1, 0.15) is 5.56 Å². The minimum atomic E-state index is 0.191. The van der Waals surface area contributed by atoms with E-state index in [2.05, 4.69) is 9.97 Å². The number of hydrogen-bond donors (Lipinski definition) is 1. The average molecular weight is 270 g/mol. The lowest BCUT2D eigenvalue weighted by atomic mass is 10.2. The average Bonchev–Trinajstić information content (AvgIpc) is 2.34. The van der Waals surface area contributed by atoms with Gasteiger partial charge in [0.05, 0.1) is 22.4 Å². The van der Waals surface area contributed by atoms with Crippen LogP contribution in [0.4, 0.5) is 0 Å². The summed E-state index contributed by atoms with van der Waals surface area (Å²) in [5.74, 6) is 0.478. The summed E-state index contributed by atoms with van der Waals surface area (Å²) in [6.45, 7) is 0.428. The molecule has 6 heteroatoms. The first-order valence-electron chi connectivity index (χ1n) is 4.83. The molecule has 0 aliphatic rings. The van der Waals surface area contributed by atoms with Gasteiger partial charge in [0.25, 0.3) is 0 Å². The summed E-state index contributed by atoms with van der Waals surface area (Å²) in [6, 6.07) is 5.49. The normalized spacial score (nSPS) is 10.3. The maximum atomic E-state index is 6.03. The molecule has 1 aromatic heterocycles. The lowest BCUT2D eigenvalue weighted by Gasteiger charge is -2.06. The van der Waals surface area contributed by atoms with Crippen LogP contribution in [-0.4, -0.2) is 9.97 Å². The second-order valence-electron chi connectivity index (χ2n) is 3.25. The van der Waals surface area contributed by atoms with Crippen molar-refractivity contribution in [3.05, 3.63) is 46.2 Å². The summed E-state index contributed by atoms with van der Waals surface area (Å²) in [5.41, 5.74) is 6.43. The number of aromatic nitrogens is 2. The molecule has 0 amide bonds. The van der Waals surface area contributed by atoms with Crippen molar-refractivity contribution in [3.8, 4) is 11.8 Å². The monoisotopic (exact) mass is 269 g/mol. The Kier molecular flexibility index (Phi) is 3.78. The second-order valence-corrected chi connectivity index (χ2v) is 4.10. The number of benzene rings is 1. The number of nitrogens with zero attached hydrogens (tertiary/aromatic N) is 2. The van der Waals surface area contributed by atoms with Crippen LogP contribution in [0.15, 0.2) is 30.6 Å². The van der Waals surface area contributed by atoms with Gasteiger partial charge in [-0.25, -0.2) is 9.97 Å². The van der Waals surface area contributed by atoms with E-state index in [1.54, 1.807) is 12.1 Å². The van der Waals surface area contributed by atoms with Crippen molar-refractivity contribution in [2.45, 2.75) is 6.54 Å². The zero-order valence-corrected chi connectivity index (χ0v) is 10.2. The van der Waals surface area contributed by atoms with Gasteiger partial charge in [0.15, 0.2) is 0 Å². The van der Waals surface area contributed by atoms with Crippen molar-refractivity contribution >= 4 is 23.2 Å². The zero-order chi connectivity index (χ0) is 12.3. The molecule has 0 unspecified atom stereocenters. The molecule has 2 N–H and O–H groups in total. The van der Waals surface area contributed by atoms with E-state index in [0.29, 0.717) is 22.3 Å². The Bertz CT molecular complexity index is 517. The zero-order valence-electron chi connectivity index (χ0n) is 8.73. The first-order valence-corrected chi connectivity index (χ1v) is 5.58. The highest BCUT2D eigenvalue weighted by molar-refractivity contribution is 6.32. The first-order chi connectivity index (χ1) is 8.19. The molecule has 0 spiro atoms. The van der Waals surface area contributed by atoms with Crippen molar-refractivity contribution in [3.63, 3.8) is 0 Å². The van der Waals surface area contributed by atoms with Gasteiger partial charge in [-0.15, -0.1) is 0 Å². The molecule has 0 saturated heterocycles. The van der Waals surface area contributed by atoms with Crippen LogP contribution in [0.2, 0.25) is 10.0 Å². The van der Waals surface area contributed by atoms with Gasteiger partial charge in [-0.2, -0.15) is 0 Å². The number of ether oxygens (including phenoxy) is 1. The van der Waals surface area contributed by atoms with Crippen LogP contribution in [0.3, 0.4) is 0 Å². The van der Waals surface area contributed by atoms with E-state index in [4.69, 9.17) is 33.7 Å². The van der Waals surface area contributed by atoms with Crippen LogP contribution >= 0.6 is 23.2 Å². The maximum Gasteiger partial charge on any atom is 0.322 e. The topological polar surface area (TPSA) is 61.0 Å². The summed E-state index contributed by atoms with van der Waals surface area (Å²) < 4.78 is 5.41. The Hall–Kier alpha value is -1.36. The molecule has 1 aromatic carbocycles. The van der Waals surface area contributed by atoms with E-state index in [9.17, 15) is 0 Å². The smallest absolute Gasteiger partial charge is 0.322 e. The Morgan fingerprint density at radius 2 is 1.88 bits per heavy atom. The van der Waals surface area contributed by atoms with Gasteiger partial charge < -0.3 is 10.5 Å². The summed E-state index contributed by atoms with van der Waals surface area (Å²) in [6.07, 6.45) is 2.90. The van der Waals surface area contributed by atoms with Crippen LogP contribution in [0.5, 0.6) is 11.8 Å². The summed E-state index contributed by atoms with van der Waals surface area (Å²) in [4.78, 5) is 7.82. The SMILES string of the molecule is NCc1ccc(Oc2ncc(Cl)cn2)c(Cl)c1. The fourth-order valence-corrected chi connectivity index (χ4v) is 1.54. The molecule has 0 saturated carbocycles. The van der Waals surface area contributed by atoms with Crippen LogP contribution in [-0.2, 0) is 6.54 Å². The van der Waals surface area contributed by atoms with Crippen molar-refractivity contribution < 1.29 is 4.74 Å². The predicted octanol–water partition coefficient (Wildman–Crippen LogP) is 3.03. The third-order valence-electron chi connectivity index (χ3n) is 2.03. The number of nitrogens with two attached hydrogens (primary N) is 1. The number of rotatable bonds is 3. The molecule has 0 aliphatic heterocycles. The third kappa shape index (κ3) is 3.06. The van der Waals surface area contributed by atoms with Gasteiger partial charge in [-0.05, 0) is 17.7 Å². The van der Waals surface area contributed by atoms with Gasteiger partial charge >= 0.3 is 6.01 Å². The number of hydrogen-bond acceptors (Lipinski definition) is 4. The Labute approximate surface area is 108 Å². The van der Waals surface area contributed by atoms with Gasteiger partial charge in [0, 0.05) is 6.54 Å². The van der Waals surface area contributed by atoms with E-state index in [-0.39, 0.29) is 6.01 Å². The van der Waals surface area contributed by atoms with Crippen LogP contribution in [0, 0.1) is 0 Å². The standard InChI is InChI=1S/C11H9Cl2N3O/c12-8-5-15-11(16-6-8)17-10-2-1-7(4-14)3-9(10)13/h1-3,5-6H,4,14H2. The molecule has 17 heavy (non-hydrogen) atoms. The maximum absolute atomic E-state index is 6.03. The molecule has 4 nitrogen and oxygen atoms in total. The highest BCUT2D eigenvalue weighted by atomic mass is 35.5. The fraction of sp³-hybridized carbons (Fsp3) is 0.0909. The summed E-state index contributed by atoms with van der Waals surface area (Å²) >= 11 is 11.7. The lowest BCUT2D eigenvalue weighted by Crippen LogP contribution is -1.97. The molecule has 0 bridgehead atoms. The highest BCUT2D eigenvalue weighted by Gasteiger charge is 2.05. The van der Waals surface area contributed by atoms with E-state index in [1.807, 2.05) is 6.07 Å². The van der Waals surface area contributed by atoms with Crippen LogP contribution in [0.25, 0.3) is 0 Å². The molecular formula is C11H9Cl2N3O. The van der Waals surface area contributed by atoms with E-state index >= 15 is 0 Å². The molecule has 2 aromatic rings. The Balaban J connectivity index is 2.21. The Morgan fingerprint density at radius 3 is 2.47 bits per heavy atom. The molecule has 1 heterocycles. The molecule has 88 valence electrons. The van der Waals surface area contributed by atoms with Crippen molar-refractivity contribution in [1.29, 1.82) is 0 Å². The summed E-state index contributed by atoms with van der Waals surface area (Å²) in [5, 5.41) is 0.911. The second kappa shape index (κ2) is 5.31. The summed E-state index contributed by atoms with van der Waals surface area (Å²) in [7, 11) is 0. The van der Waals surface area contributed by atoms with Crippen molar-refractivity contribution in [2.75, 3.05) is 0 Å². The van der Waals surface area contributed by atoms with Crippen molar-refractivity contribution in [1.82, 2.24) is 9.97 Å². The van der Waals surface area contributed by atoms with E-state index < -0.39 is 0 Å². The van der Waals surface area contributed by atoms with Gasteiger partial charge in [0.1, 0.15) is 5.75 Å². The molecule has 0 aliphatic carbocycles. The lowest BCUT2D eigenvalue weighted by molar-refractivity contribution is 0.442. The van der Waals surface area contributed by atoms with Gasteiger partial charge in [-0.1, -0.05) is 29.3 Å². The minimum absolute atomic E-state index is 0.191. The molecule has 0 atom stereocenters. The quantitative estimate of drug-likeness (QED) is 0.931. The largest absolute Gasteiger partial charge is 0.423 e. The van der Waals surface area contributed by atoms with E-state index in [0.717, 1.165) is 5.56 Å². The Morgan fingerprint density at radius 1 is 1.18 bits per heavy atom. The number of halogens is 2. The molecular weight excluding hydrogens is 261 g/mol. The molecule has 0 fully saturated rings. The van der Waals surface area contributed by atoms with Crippen LogP contribution < -0.4 is 10.5 Å². The first kappa shape index (κ1) is 12.1. The van der Waals surface area contributed by atoms with Crippen molar-refractivity contribution in [2.24, 2.45) is 5.73 Å². The minimum Gasteiger partial charge on any atom is -0.423 e. The predicted molar refractivity (Wildman–Crippen MR) is 66.5 cm³/mol. The van der Waals surface area contributed by atoms with Gasteiger partial charge in [0.2, 0.25) is 0 Å². The third-order valence-corrected chi connectivity index (χ3v) is 2.52. The highest BCUT2D eigenvalue weighted by Crippen LogP contribution is 2.28. The van der Waals surface area contributed by atoms with E-state index in [1.165, 1.54) is 12.4 Å². The molecule has 0 radical (unpaired) electrons.